The molecule has 6 aliphatic heterocycles. The summed E-state index contributed by atoms with van der Waals surface area (Å²) in [5.41, 5.74) is 15.6. The third kappa shape index (κ3) is 5.48. The maximum absolute atomic E-state index is 5.29. The van der Waals surface area contributed by atoms with Crippen molar-refractivity contribution in [3.8, 4) is 11.4 Å². The van der Waals surface area contributed by atoms with Crippen LogP contribution in [0.1, 0.15) is 22.8 Å². The second kappa shape index (κ2) is 13.5. The molecule has 0 bridgehead atoms. The molecule has 13 rings (SSSR count). The molecule has 62 heavy (non-hydrogen) atoms. The number of nitrogens with zero attached hydrogens (tertiary/aromatic N) is 12. The van der Waals surface area contributed by atoms with Crippen molar-refractivity contribution >= 4 is 105 Å². The van der Waals surface area contributed by atoms with Crippen molar-refractivity contribution in [3.63, 3.8) is 0 Å². The summed E-state index contributed by atoms with van der Waals surface area (Å²) >= 11 is 7.21. The molecule has 0 saturated heterocycles. The van der Waals surface area contributed by atoms with Gasteiger partial charge in [-0.3, -0.25) is 0 Å². The van der Waals surface area contributed by atoms with Crippen LogP contribution in [-0.2, 0) is 0 Å². The van der Waals surface area contributed by atoms with Gasteiger partial charge in [0.25, 0.3) is 13.4 Å². The average Bonchev–Trinajstić information content (AvgIpc) is 4.07. The Balaban J connectivity index is 1.05. The molecule has 0 amide bonds. The van der Waals surface area contributed by atoms with Crippen molar-refractivity contribution in [2.24, 2.45) is 0 Å². The number of aryl methyl sites for hydroxylation is 4. The summed E-state index contributed by atoms with van der Waals surface area (Å²) in [6, 6.07) is 13.6. The monoisotopic (exact) mass is 882 g/mol. The molecule has 6 aliphatic rings. The maximum Gasteiger partial charge on any atom is 0.251 e. The lowest BCUT2D eigenvalue weighted by Crippen LogP contribution is -2.63. The van der Waals surface area contributed by atoms with Crippen LogP contribution < -0.4 is 42.6 Å². The van der Waals surface area contributed by atoms with Crippen LogP contribution in [0.4, 0.5) is 11.4 Å². The highest BCUT2D eigenvalue weighted by molar-refractivity contribution is 8.05. The smallest absolute Gasteiger partial charge is 0.251 e. The van der Waals surface area contributed by atoms with Crippen molar-refractivity contribution in [1.29, 1.82) is 0 Å². The van der Waals surface area contributed by atoms with Gasteiger partial charge in [-0.25, -0.2) is 29.3 Å². The van der Waals surface area contributed by atoms with E-state index in [9.17, 15) is 0 Å². The second-order valence-corrected chi connectivity index (χ2v) is 20.8. The van der Waals surface area contributed by atoms with Crippen LogP contribution in [0.5, 0.6) is 0 Å². The Morgan fingerprint density at radius 3 is 1.10 bits per heavy atom. The fourth-order valence-corrected chi connectivity index (χ4v) is 14.8. The largest absolute Gasteiger partial charge is 0.361 e. The minimum Gasteiger partial charge on any atom is -0.361 e. The summed E-state index contributed by atoms with van der Waals surface area (Å²) in [5.74, 6) is 0. The van der Waals surface area contributed by atoms with Crippen molar-refractivity contribution in [2.45, 2.75) is 67.4 Å². The van der Waals surface area contributed by atoms with E-state index in [1.807, 2.05) is 71.5 Å². The summed E-state index contributed by atoms with van der Waals surface area (Å²) < 4.78 is 4.04. The number of benzene rings is 1. The van der Waals surface area contributed by atoms with Crippen LogP contribution in [0, 0.1) is 27.7 Å². The highest BCUT2D eigenvalue weighted by Crippen LogP contribution is 2.50. The van der Waals surface area contributed by atoms with Gasteiger partial charge in [-0.05, 0) is 96.9 Å². The maximum atomic E-state index is 5.29. The van der Waals surface area contributed by atoms with Crippen molar-refractivity contribution in [3.05, 3.63) is 109 Å². The molecule has 12 heterocycles. The van der Waals surface area contributed by atoms with Gasteiger partial charge < -0.3 is 19.6 Å². The van der Waals surface area contributed by atoms with Gasteiger partial charge in [0.15, 0.2) is 0 Å². The molecule has 0 radical (unpaired) electrons. The molecule has 0 aliphatic carbocycles. The van der Waals surface area contributed by atoms with Crippen LogP contribution in [0.15, 0.2) is 126 Å². The quantitative estimate of drug-likeness (QED) is 0.237. The summed E-state index contributed by atoms with van der Waals surface area (Å²) in [6.07, 6.45) is 16.5. The summed E-state index contributed by atoms with van der Waals surface area (Å²) in [5, 5.41) is 13.8. The first kappa shape index (κ1) is 37.0. The van der Waals surface area contributed by atoms with Gasteiger partial charge in [0, 0.05) is 69.9 Å². The van der Waals surface area contributed by atoms with E-state index in [1.165, 1.54) is 52.4 Å². The van der Waals surface area contributed by atoms with Gasteiger partial charge in [0.2, 0.25) is 0 Å². The average molecular weight is 883 g/mol. The zero-order chi connectivity index (χ0) is 41.7. The van der Waals surface area contributed by atoms with Crippen LogP contribution in [0.2, 0.25) is 0 Å². The van der Waals surface area contributed by atoms with Crippen LogP contribution in [-0.4, -0.2) is 90.2 Å². The molecule has 0 atom stereocenters. The molecule has 0 fully saturated rings. The second-order valence-electron chi connectivity index (χ2n) is 16.8. The summed E-state index contributed by atoms with van der Waals surface area (Å²) in [4.78, 5) is 35.1. The van der Waals surface area contributed by atoms with E-state index < -0.39 is 0 Å². The van der Waals surface area contributed by atoms with E-state index >= 15 is 0 Å². The van der Waals surface area contributed by atoms with Gasteiger partial charge in [-0.2, -0.15) is 10.2 Å². The van der Waals surface area contributed by atoms with E-state index in [0.717, 1.165) is 79.0 Å². The molecule has 0 spiro atoms. The number of fused-ring (bicyclic) bond motifs is 10. The Hall–Kier alpha value is -5.55. The van der Waals surface area contributed by atoms with Crippen LogP contribution in [0.25, 0.3) is 11.4 Å². The molecule has 7 aromatic rings. The minimum atomic E-state index is -0.103. The summed E-state index contributed by atoms with van der Waals surface area (Å²) in [6.45, 7) is 9.63. The fraction of sp³-hybridized carbons (Fsp3) is 0.182. The number of rotatable bonds is 4. The molecule has 1 aromatic carbocycles. The number of hydrogen-bond acceptors (Lipinski definition) is 14. The predicted octanol–water partition coefficient (Wildman–Crippen LogP) is 4.12. The van der Waals surface area contributed by atoms with Gasteiger partial charge in [-0.15, -0.1) is 0 Å². The Bertz CT molecular complexity index is 2970. The Morgan fingerprint density at radius 2 is 0.790 bits per heavy atom. The number of hydrogen-bond donors (Lipinski definition) is 0. The molecular weight excluding hydrogens is 846 g/mol. The first-order valence-corrected chi connectivity index (χ1v) is 23.7. The van der Waals surface area contributed by atoms with E-state index in [-0.39, 0.29) is 13.4 Å². The third-order valence-electron chi connectivity index (χ3n) is 12.4. The molecule has 0 saturated carbocycles. The fourth-order valence-electron chi connectivity index (χ4n) is 9.69. The highest BCUT2D eigenvalue weighted by Gasteiger charge is 2.49. The SMILES string of the molecule is Cc1cc(C)n(-c2cnc3c(c2)B2c4cc(N5C=CN(C)C5)cnc4Sc4c5c6c(c(c42)S3)Sc2ncc(-n3nc(C)cc3C)cc2B6c2cc(N3C=CN(C)C3)cnc2S5)n1. The highest BCUT2D eigenvalue weighted by atomic mass is 32.2. The molecule has 302 valence electrons. The van der Waals surface area contributed by atoms with Crippen molar-refractivity contribution < 1.29 is 0 Å². The molecule has 6 aromatic heterocycles. The van der Waals surface area contributed by atoms with E-state index in [1.54, 1.807) is 23.5 Å². The van der Waals surface area contributed by atoms with E-state index in [2.05, 4.69) is 109 Å². The molecule has 0 N–H and O–H groups in total. The zero-order valence-corrected chi connectivity index (χ0v) is 37.9. The Kier molecular flexibility index (Phi) is 8.05. The minimum absolute atomic E-state index is 0.103. The first-order chi connectivity index (χ1) is 30.1. The van der Waals surface area contributed by atoms with Gasteiger partial charge in [0.05, 0.1) is 92.4 Å². The first-order valence-electron chi connectivity index (χ1n) is 20.5. The normalized spacial score (nSPS) is 16.2. The van der Waals surface area contributed by atoms with Gasteiger partial charge in [0.1, 0.15) is 0 Å². The third-order valence-corrected chi connectivity index (χ3v) is 17.3. The Labute approximate surface area is 376 Å². The standard InChI is InChI=1S/C44H36B2N12S4/c1-23-11-25(3)57(51-23)29-15-33-43(49-19-29)61-39-35-37(59-41-31(45(33)35)13-27(17-47-41)55-9-7-53(5)21-55)38-36-40(39)62-44-34(16-30(20-50-44)58-26(4)12-24(2)52-58)46(36)32-14-28(18-48-42(32)60-38)56-10-8-54(6)22-56/h7-20H,21-22H2,1-6H3. The van der Waals surface area contributed by atoms with Gasteiger partial charge in [-0.1, -0.05) is 47.0 Å². The van der Waals surface area contributed by atoms with Crippen molar-refractivity contribution in [1.82, 2.24) is 49.3 Å². The lowest BCUT2D eigenvalue weighted by atomic mass is 9.34. The molecular formula is C44H36B2N12S4. The molecule has 12 nitrogen and oxygen atoms in total. The van der Waals surface area contributed by atoms with Gasteiger partial charge >= 0.3 is 0 Å². The predicted molar refractivity (Wildman–Crippen MR) is 251 cm³/mol. The number of aromatic nitrogens is 8. The number of anilines is 2. The lowest BCUT2D eigenvalue weighted by Gasteiger charge is -2.40. The molecule has 18 heteroatoms. The van der Waals surface area contributed by atoms with Crippen molar-refractivity contribution in [2.75, 3.05) is 37.2 Å². The zero-order valence-electron chi connectivity index (χ0n) is 34.7. The summed E-state index contributed by atoms with van der Waals surface area (Å²) in [7, 11) is 4.20. The van der Waals surface area contributed by atoms with Crippen LogP contribution in [0.3, 0.4) is 0 Å². The van der Waals surface area contributed by atoms with E-state index in [4.69, 9.17) is 30.1 Å². The van der Waals surface area contributed by atoms with Crippen LogP contribution >= 0.6 is 47.0 Å². The molecule has 0 unspecified atom stereocenters. The van der Waals surface area contributed by atoms with E-state index in [0.29, 0.717) is 0 Å². The number of pyridine rings is 4. The lowest BCUT2D eigenvalue weighted by molar-refractivity contribution is 0.495. The topological polar surface area (TPSA) is 100 Å². The Morgan fingerprint density at radius 1 is 0.452 bits per heavy atom.